The Morgan fingerprint density at radius 3 is 2.74 bits per heavy atom. The number of fused-ring (bicyclic) bond motifs is 1. The van der Waals surface area contributed by atoms with E-state index < -0.39 is 0 Å². The molecule has 1 unspecified atom stereocenters. The predicted octanol–water partition coefficient (Wildman–Crippen LogP) is 2.89. The topological polar surface area (TPSA) is 82.2 Å². The van der Waals surface area contributed by atoms with Gasteiger partial charge in [-0.3, -0.25) is 0 Å². The third-order valence-electron chi connectivity index (χ3n) is 4.50. The Kier molecular flexibility index (Phi) is 4.69. The van der Waals surface area contributed by atoms with E-state index in [9.17, 15) is 0 Å². The highest BCUT2D eigenvalue weighted by atomic mass is 16.5. The van der Waals surface area contributed by atoms with E-state index in [1.54, 1.807) is 24.1 Å². The first kappa shape index (κ1) is 17.0. The molecule has 0 aliphatic heterocycles. The van der Waals surface area contributed by atoms with Gasteiger partial charge >= 0.3 is 0 Å². The normalized spacial score (nSPS) is 12.2. The maximum Gasteiger partial charge on any atom is 0.200 e. The van der Waals surface area contributed by atoms with Crippen LogP contribution in [0.2, 0.25) is 0 Å². The van der Waals surface area contributed by atoms with Gasteiger partial charge in [-0.25, -0.2) is 4.98 Å². The molecule has 0 spiro atoms. The highest BCUT2D eigenvalue weighted by Crippen LogP contribution is 2.25. The minimum atomic E-state index is 0.228. The number of ether oxygens (including phenoxy) is 1. The summed E-state index contributed by atoms with van der Waals surface area (Å²) in [5, 5.41) is 16.4. The quantitative estimate of drug-likeness (QED) is 0.544. The first-order valence-electron chi connectivity index (χ1n) is 8.84. The summed E-state index contributed by atoms with van der Waals surface area (Å²) >= 11 is 0. The fourth-order valence-electron chi connectivity index (χ4n) is 2.98. The number of nitrogens with one attached hydrogen (secondary N) is 1. The van der Waals surface area contributed by atoms with Gasteiger partial charge in [0.2, 0.25) is 5.65 Å². The predicted molar refractivity (Wildman–Crippen MR) is 103 cm³/mol. The van der Waals surface area contributed by atoms with Crippen molar-refractivity contribution in [2.45, 2.75) is 25.9 Å². The second-order valence-electron chi connectivity index (χ2n) is 6.28. The summed E-state index contributed by atoms with van der Waals surface area (Å²) in [6.45, 7) is 2.97. The molecule has 27 heavy (non-hydrogen) atoms. The van der Waals surface area contributed by atoms with Crippen molar-refractivity contribution < 1.29 is 4.74 Å². The van der Waals surface area contributed by atoms with Crippen LogP contribution in [0.25, 0.3) is 16.9 Å². The number of imidazole rings is 1. The highest BCUT2D eigenvalue weighted by Gasteiger charge is 2.14. The summed E-state index contributed by atoms with van der Waals surface area (Å²) in [5.41, 5.74) is 3.44. The molecule has 0 radical (unpaired) electrons. The van der Waals surface area contributed by atoms with Gasteiger partial charge in [0.05, 0.1) is 24.8 Å². The Labute approximate surface area is 156 Å². The van der Waals surface area contributed by atoms with E-state index in [2.05, 4.69) is 37.1 Å². The number of methoxy groups -OCH3 is 1. The second kappa shape index (κ2) is 7.45. The van der Waals surface area contributed by atoms with Gasteiger partial charge in [0.25, 0.3) is 0 Å². The third-order valence-corrected chi connectivity index (χ3v) is 4.50. The molecule has 0 aliphatic rings. The van der Waals surface area contributed by atoms with Crippen molar-refractivity contribution in [1.82, 2.24) is 29.4 Å². The summed E-state index contributed by atoms with van der Waals surface area (Å²) < 4.78 is 9.00. The van der Waals surface area contributed by atoms with E-state index in [1.165, 1.54) is 0 Å². The van der Waals surface area contributed by atoms with Crippen molar-refractivity contribution in [3.8, 4) is 17.0 Å². The summed E-state index contributed by atoms with van der Waals surface area (Å²) in [6.07, 6.45) is 8.15. The maximum atomic E-state index is 5.24. The summed E-state index contributed by atoms with van der Waals surface area (Å²) in [6, 6.07) is 10.1. The molecule has 1 N–H and O–H groups in total. The number of hydrogen-bond acceptors (Lipinski definition) is 6. The lowest BCUT2D eigenvalue weighted by Gasteiger charge is -2.19. The Balaban J connectivity index is 1.67. The number of nitrogens with zero attached hydrogens (tertiary/aromatic N) is 6. The van der Waals surface area contributed by atoms with Gasteiger partial charge in [0.15, 0.2) is 0 Å². The van der Waals surface area contributed by atoms with Crippen LogP contribution in [0.3, 0.4) is 0 Å². The molecule has 0 aliphatic carbocycles. The van der Waals surface area contributed by atoms with Crippen LogP contribution >= 0.6 is 0 Å². The van der Waals surface area contributed by atoms with Crippen LogP contribution in [0.15, 0.2) is 55.4 Å². The largest absolute Gasteiger partial charge is 0.497 e. The van der Waals surface area contributed by atoms with Gasteiger partial charge in [-0.15, -0.1) is 10.2 Å². The molecule has 138 valence electrons. The van der Waals surface area contributed by atoms with Crippen molar-refractivity contribution in [2.24, 2.45) is 0 Å². The molecule has 1 atom stereocenters. The molecule has 8 heteroatoms. The molecule has 0 bridgehead atoms. The highest BCUT2D eigenvalue weighted by molar-refractivity contribution is 5.73. The summed E-state index contributed by atoms with van der Waals surface area (Å²) in [7, 11) is 1.66. The van der Waals surface area contributed by atoms with Gasteiger partial charge in [0, 0.05) is 30.5 Å². The molecule has 1 aromatic carbocycles. The number of rotatable bonds is 7. The minimum absolute atomic E-state index is 0.228. The standard InChI is InChI=1S/C19H21N7O/c1-3-15(11-25-9-8-20-12-25)22-18-10-17(24-26-13-21-23-19(18)26)14-4-6-16(27-2)7-5-14/h4-10,12-13,15,22H,3,11H2,1-2H3. The van der Waals surface area contributed by atoms with E-state index in [1.807, 2.05) is 42.9 Å². The minimum Gasteiger partial charge on any atom is -0.497 e. The van der Waals surface area contributed by atoms with Crippen molar-refractivity contribution in [3.63, 3.8) is 0 Å². The average Bonchev–Trinajstić information content (AvgIpc) is 3.39. The van der Waals surface area contributed by atoms with Crippen molar-refractivity contribution in [3.05, 3.63) is 55.4 Å². The second-order valence-corrected chi connectivity index (χ2v) is 6.28. The SMILES string of the molecule is CCC(Cn1ccnc1)Nc1cc(-c2ccc(OC)cc2)nn2cnnc12. The molecule has 8 nitrogen and oxygen atoms in total. The summed E-state index contributed by atoms with van der Waals surface area (Å²) in [5.74, 6) is 0.814. The van der Waals surface area contributed by atoms with Crippen molar-refractivity contribution >= 4 is 11.3 Å². The van der Waals surface area contributed by atoms with E-state index in [0.29, 0.717) is 5.65 Å². The molecule has 0 saturated carbocycles. The molecule has 0 fully saturated rings. The molecular formula is C19H21N7O. The van der Waals surface area contributed by atoms with Crippen molar-refractivity contribution in [1.29, 1.82) is 0 Å². The fourth-order valence-corrected chi connectivity index (χ4v) is 2.98. The maximum absolute atomic E-state index is 5.24. The van der Waals surface area contributed by atoms with E-state index in [4.69, 9.17) is 4.74 Å². The van der Waals surface area contributed by atoms with Crippen molar-refractivity contribution in [2.75, 3.05) is 12.4 Å². The lowest BCUT2D eigenvalue weighted by atomic mass is 10.1. The third kappa shape index (κ3) is 3.59. The van der Waals surface area contributed by atoms with Gasteiger partial charge in [-0.1, -0.05) is 6.92 Å². The number of benzene rings is 1. The first-order valence-corrected chi connectivity index (χ1v) is 8.84. The van der Waals surface area contributed by atoms with E-state index >= 15 is 0 Å². The number of aromatic nitrogens is 6. The molecule has 3 aromatic heterocycles. The zero-order valence-corrected chi connectivity index (χ0v) is 15.3. The lowest BCUT2D eigenvalue weighted by Crippen LogP contribution is -2.24. The Morgan fingerprint density at radius 2 is 2.04 bits per heavy atom. The summed E-state index contributed by atoms with van der Waals surface area (Å²) in [4.78, 5) is 4.11. The number of hydrogen-bond donors (Lipinski definition) is 1. The van der Waals surface area contributed by atoms with Crippen LogP contribution in [-0.2, 0) is 6.54 Å². The van der Waals surface area contributed by atoms with Crippen LogP contribution in [0, 0.1) is 0 Å². The fraction of sp³-hybridized carbons (Fsp3) is 0.263. The lowest BCUT2D eigenvalue weighted by molar-refractivity contribution is 0.415. The van der Waals surface area contributed by atoms with Crippen LogP contribution < -0.4 is 10.1 Å². The molecule has 4 aromatic rings. The molecule has 3 heterocycles. The Bertz CT molecular complexity index is 1010. The Morgan fingerprint density at radius 1 is 1.19 bits per heavy atom. The van der Waals surface area contributed by atoms with E-state index in [0.717, 1.165) is 35.7 Å². The van der Waals surface area contributed by atoms with Gasteiger partial charge in [-0.2, -0.15) is 9.61 Å². The Hall–Kier alpha value is -3.42. The molecule has 0 saturated heterocycles. The molecule has 0 amide bonds. The van der Waals surface area contributed by atoms with Crippen LogP contribution in [-0.4, -0.2) is 42.5 Å². The van der Waals surface area contributed by atoms with Gasteiger partial charge in [-0.05, 0) is 36.8 Å². The average molecular weight is 363 g/mol. The van der Waals surface area contributed by atoms with Crippen LogP contribution in [0.5, 0.6) is 5.75 Å². The van der Waals surface area contributed by atoms with Gasteiger partial charge < -0.3 is 14.6 Å². The first-order chi connectivity index (χ1) is 13.3. The zero-order chi connectivity index (χ0) is 18.6. The van der Waals surface area contributed by atoms with E-state index in [-0.39, 0.29) is 6.04 Å². The van der Waals surface area contributed by atoms with Crippen LogP contribution in [0.1, 0.15) is 13.3 Å². The smallest absolute Gasteiger partial charge is 0.200 e. The van der Waals surface area contributed by atoms with Gasteiger partial charge in [0.1, 0.15) is 12.1 Å². The molecule has 4 rings (SSSR count). The molecular weight excluding hydrogens is 342 g/mol. The zero-order valence-electron chi connectivity index (χ0n) is 15.3. The monoisotopic (exact) mass is 363 g/mol. The number of anilines is 1. The van der Waals surface area contributed by atoms with Crippen LogP contribution in [0.4, 0.5) is 5.69 Å².